The third-order valence-electron chi connectivity index (χ3n) is 5.42. The van der Waals surface area contributed by atoms with E-state index in [1.165, 1.54) is 22.3 Å². The van der Waals surface area contributed by atoms with Crippen LogP contribution in [0.4, 0.5) is 0 Å². The molecule has 0 unspecified atom stereocenters. The Hall–Kier alpha value is -2.09. The van der Waals surface area contributed by atoms with E-state index >= 15 is 0 Å². The SMILES string of the molecule is CCNC(=NCc1ccccc1CN1CCCC1=O)N(C)Cc1ccccc1C.I. The summed E-state index contributed by atoms with van der Waals surface area (Å²) >= 11 is 0. The number of carbonyl (C=O) groups is 1. The normalized spacial score (nSPS) is 13.9. The van der Waals surface area contributed by atoms with Crippen molar-refractivity contribution < 1.29 is 4.79 Å². The minimum absolute atomic E-state index is 0. The zero-order valence-corrected chi connectivity index (χ0v) is 20.6. The van der Waals surface area contributed by atoms with E-state index in [0.717, 1.165) is 32.0 Å². The number of amides is 1. The predicted molar refractivity (Wildman–Crippen MR) is 134 cm³/mol. The lowest BCUT2D eigenvalue weighted by Gasteiger charge is -2.23. The first-order chi connectivity index (χ1) is 14.1. The van der Waals surface area contributed by atoms with Gasteiger partial charge in [0.05, 0.1) is 6.54 Å². The van der Waals surface area contributed by atoms with Gasteiger partial charge in [-0.2, -0.15) is 0 Å². The van der Waals surface area contributed by atoms with Gasteiger partial charge in [-0.25, -0.2) is 4.99 Å². The molecule has 162 valence electrons. The highest BCUT2D eigenvalue weighted by atomic mass is 127. The van der Waals surface area contributed by atoms with E-state index in [1.54, 1.807) is 0 Å². The maximum Gasteiger partial charge on any atom is 0.222 e. The van der Waals surface area contributed by atoms with Crippen LogP contribution in [0, 0.1) is 6.92 Å². The Morgan fingerprint density at radius 2 is 1.77 bits per heavy atom. The lowest BCUT2D eigenvalue weighted by molar-refractivity contribution is -0.128. The quantitative estimate of drug-likeness (QED) is 0.336. The van der Waals surface area contributed by atoms with Crippen molar-refractivity contribution in [3.63, 3.8) is 0 Å². The third-order valence-corrected chi connectivity index (χ3v) is 5.42. The molecule has 2 aromatic carbocycles. The molecule has 1 heterocycles. The van der Waals surface area contributed by atoms with Crippen LogP contribution in [0.1, 0.15) is 42.0 Å². The van der Waals surface area contributed by atoms with E-state index in [1.807, 2.05) is 17.0 Å². The Bertz CT molecular complexity index is 868. The van der Waals surface area contributed by atoms with Gasteiger partial charge in [-0.3, -0.25) is 4.79 Å². The zero-order valence-electron chi connectivity index (χ0n) is 18.2. The summed E-state index contributed by atoms with van der Waals surface area (Å²) in [6.45, 7) is 7.99. The smallest absolute Gasteiger partial charge is 0.222 e. The highest BCUT2D eigenvalue weighted by Crippen LogP contribution is 2.18. The Morgan fingerprint density at radius 3 is 2.40 bits per heavy atom. The van der Waals surface area contributed by atoms with E-state index in [4.69, 9.17) is 4.99 Å². The molecule has 0 bridgehead atoms. The Labute approximate surface area is 197 Å². The number of hydrogen-bond acceptors (Lipinski definition) is 2. The summed E-state index contributed by atoms with van der Waals surface area (Å²) in [7, 11) is 2.07. The van der Waals surface area contributed by atoms with E-state index in [0.29, 0.717) is 19.5 Å². The fraction of sp³-hybridized carbons (Fsp3) is 0.417. The number of aliphatic imine (C=N–C) groups is 1. The molecule has 5 nitrogen and oxygen atoms in total. The van der Waals surface area contributed by atoms with Crippen LogP contribution in [-0.4, -0.2) is 41.8 Å². The maximum absolute atomic E-state index is 12.0. The molecular formula is C24H33IN4O. The summed E-state index contributed by atoms with van der Waals surface area (Å²) in [5.74, 6) is 1.15. The second kappa shape index (κ2) is 11.9. The third kappa shape index (κ3) is 6.45. The summed E-state index contributed by atoms with van der Waals surface area (Å²) in [6, 6.07) is 16.8. The van der Waals surface area contributed by atoms with Crippen LogP contribution in [-0.2, 0) is 24.4 Å². The number of nitrogens with one attached hydrogen (secondary N) is 1. The van der Waals surface area contributed by atoms with Crippen molar-refractivity contribution in [2.45, 2.75) is 46.3 Å². The summed E-state index contributed by atoms with van der Waals surface area (Å²) < 4.78 is 0. The highest BCUT2D eigenvalue weighted by molar-refractivity contribution is 14.0. The molecule has 2 aromatic rings. The molecule has 1 aliphatic rings. The van der Waals surface area contributed by atoms with Gasteiger partial charge in [0.15, 0.2) is 5.96 Å². The number of aryl methyl sites for hydroxylation is 1. The molecule has 1 saturated heterocycles. The molecule has 1 amide bonds. The van der Waals surface area contributed by atoms with Crippen molar-refractivity contribution in [3.05, 3.63) is 70.8 Å². The number of benzene rings is 2. The molecule has 0 aliphatic carbocycles. The van der Waals surface area contributed by atoms with Gasteiger partial charge in [0.2, 0.25) is 5.91 Å². The number of hydrogen-bond donors (Lipinski definition) is 1. The van der Waals surface area contributed by atoms with E-state index in [9.17, 15) is 4.79 Å². The van der Waals surface area contributed by atoms with Gasteiger partial charge in [-0.15, -0.1) is 24.0 Å². The van der Waals surface area contributed by atoms with Gasteiger partial charge >= 0.3 is 0 Å². The van der Waals surface area contributed by atoms with E-state index in [2.05, 4.69) is 67.5 Å². The first kappa shape index (κ1) is 24.2. The molecule has 0 atom stereocenters. The summed E-state index contributed by atoms with van der Waals surface area (Å²) in [6.07, 6.45) is 1.64. The summed E-state index contributed by atoms with van der Waals surface area (Å²) in [5.41, 5.74) is 4.94. The molecule has 0 saturated carbocycles. The molecule has 1 N–H and O–H groups in total. The van der Waals surface area contributed by atoms with Gasteiger partial charge in [0, 0.05) is 39.6 Å². The van der Waals surface area contributed by atoms with Crippen LogP contribution in [0.5, 0.6) is 0 Å². The van der Waals surface area contributed by atoms with Gasteiger partial charge in [-0.1, -0.05) is 48.5 Å². The second-order valence-electron chi connectivity index (χ2n) is 7.64. The second-order valence-corrected chi connectivity index (χ2v) is 7.64. The number of rotatable bonds is 7. The van der Waals surface area contributed by atoms with E-state index < -0.39 is 0 Å². The monoisotopic (exact) mass is 520 g/mol. The largest absolute Gasteiger partial charge is 0.357 e. The number of halogens is 1. The molecule has 1 fully saturated rings. The molecule has 30 heavy (non-hydrogen) atoms. The molecule has 0 spiro atoms. The number of likely N-dealkylation sites (tertiary alicyclic amines) is 1. The van der Waals surface area contributed by atoms with Crippen molar-refractivity contribution >= 4 is 35.8 Å². The molecule has 3 rings (SSSR count). The topological polar surface area (TPSA) is 47.9 Å². The minimum Gasteiger partial charge on any atom is -0.357 e. The lowest BCUT2D eigenvalue weighted by atomic mass is 10.1. The number of carbonyl (C=O) groups excluding carboxylic acids is 1. The lowest BCUT2D eigenvalue weighted by Crippen LogP contribution is -2.38. The van der Waals surface area contributed by atoms with Crippen molar-refractivity contribution in [2.75, 3.05) is 20.1 Å². The standard InChI is InChI=1S/C24H32N4O.HI/c1-4-25-24(27(3)17-21-12-6-5-10-19(21)2)26-16-20-11-7-8-13-22(20)18-28-15-9-14-23(28)29;/h5-8,10-13H,4,9,14-18H2,1-3H3,(H,25,26);1H. The van der Waals surface area contributed by atoms with Crippen LogP contribution < -0.4 is 5.32 Å². The van der Waals surface area contributed by atoms with Crippen molar-refractivity contribution in [1.29, 1.82) is 0 Å². The molecular weight excluding hydrogens is 487 g/mol. The number of nitrogens with zero attached hydrogens (tertiary/aromatic N) is 3. The van der Waals surface area contributed by atoms with Gasteiger partial charge < -0.3 is 15.1 Å². The highest BCUT2D eigenvalue weighted by Gasteiger charge is 2.20. The van der Waals surface area contributed by atoms with Crippen molar-refractivity contribution in [2.24, 2.45) is 4.99 Å². The van der Waals surface area contributed by atoms with Crippen LogP contribution in [0.2, 0.25) is 0 Å². The first-order valence-corrected chi connectivity index (χ1v) is 10.5. The van der Waals surface area contributed by atoms with Crippen LogP contribution in [0.3, 0.4) is 0 Å². The molecule has 0 aromatic heterocycles. The molecule has 1 aliphatic heterocycles. The predicted octanol–water partition coefficient (Wildman–Crippen LogP) is 4.33. The van der Waals surface area contributed by atoms with Crippen LogP contribution in [0.15, 0.2) is 53.5 Å². The fourth-order valence-electron chi connectivity index (χ4n) is 3.69. The fourth-order valence-corrected chi connectivity index (χ4v) is 3.69. The van der Waals surface area contributed by atoms with Gasteiger partial charge in [0.1, 0.15) is 0 Å². The Balaban J connectivity index is 0.00000320. The van der Waals surface area contributed by atoms with Crippen molar-refractivity contribution in [1.82, 2.24) is 15.1 Å². The number of guanidine groups is 1. The maximum atomic E-state index is 12.0. The Morgan fingerprint density at radius 1 is 1.10 bits per heavy atom. The van der Waals surface area contributed by atoms with Crippen molar-refractivity contribution in [3.8, 4) is 0 Å². The summed E-state index contributed by atoms with van der Waals surface area (Å²) in [4.78, 5) is 21.0. The average Bonchev–Trinajstić information content (AvgIpc) is 3.12. The minimum atomic E-state index is 0. The van der Waals surface area contributed by atoms with E-state index in [-0.39, 0.29) is 29.9 Å². The van der Waals surface area contributed by atoms with Crippen LogP contribution >= 0.6 is 24.0 Å². The zero-order chi connectivity index (χ0) is 20.6. The van der Waals surface area contributed by atoms with Gasteiger partial charge in [-0.05, 0) is 42.5 Å². The summed E-state index contributed by atoms with van der Waals surface area (Å²) in [5, 5.41) is 3.40. The average molecular weight is 520 g/mol. The molecule has 6 heteroatoms. The Kier molecular flexibility index (Phi) is 9.62. The first-order valence-electron chi connectivity index (χ1n) is 10.5. The molecule has 0 radical (unpaired) electrons. The van der Waals surface area contributed by atoms with Gasteiger partial charge in [0.25, 0.3) is 0 Å². The van der Waals surface area contributed by atoms with Crippen LogP contribution in [0.25, 0.3) is 0 Å².